The lowest BCUT2D eigenvalue weighted by Crippen LogP contribution is -2.40. The van der Waals surface area contributed by atoms with Gasteiger partial charge in [-0.2, -0.15) is 0 Å². The zero-order chi connectivity index (χ0) is 28.8. The summed E-state index contributed by atoms with van der Waals surface area (Å²) in [6.07, 6.45) is 8.23. The van der Waals surface area contributed by atoms with Gasteiger partial charge < -0.3 is 29.4 Å². The third-order valence-corrected chi connectivity index (χ3v) is 8.30. The number of carbonyl (C=O) groups excluding carboxylic acids is 2. The lowest BCUT2D eigenvalue weighted by molar-refractivity contribution is -0.135. The van der Waals surface area contributed by atoms with Gasteiger partial charge in [0.25, 0.3) is 0 Å². The van der Waals surface area contributed by atoms with Crippen LogP contribution in [-0.4, -0.2) is 72.3 Å². The van der Waals surface area contributed by atoms with Crippen molar-refractivity contribution in [2.45, 2.75) is 51.5 Å². The van der Waals surface area contributed by atoms with Gasteiger partial charge in [-0.15, -0.1) is 0 Å². The normalized spacial score (nSPS) is 15.8. The Morgan fingerprint density at radius 3 is 2.56 bits per heavy atom. The second kappa shape index (κ2) is 13.2. The summed E-state index contributed by atoms with van der Waals surface area (Å²) >= 11 is 0. The van der Waals surface area contributed by atoms with Gasteiger partial charge in [-0.25, -0.2) is 4.79 Å². The van der Waals surface area contributed by atoms with Gasteiger partial charge in [0, 0.05) is 48.7 Å². The van der Waals surface area contributed by atoms with Crippen molar-refractivity contribution < 1.29 is 29.0 Å². The average molecular weight is 562 g/mol. The largest absolute Gasteiger partial charge is 0.496 e. The standard InChI is InChI=1S/C32H39N3O6/c1-40-29-18-24(32(38)39)7-8-26(29)21-35-20-25(9-11-31(37)34-12-14-41-15-13-34)27-10-6-23(16-28(27)35)17-30(36)33-19-22-4-2-3-5-22/h6-8,10,16,18,20,22H,2-5,9,11-15,17,19,21H2,1H3,(H,33,36)(H,38,39). The van der Waals surface area contributed by atoms with Gasteiger partial charge in [0.05, 0.1) is 38.9 Å². The zero-order valence-corrected chi connectivity index (χ0v) is 23.7. The number of aromatic carboxylic acids is 1. The number of benzene rings is 2. The van der Waals surface area contributed by atoms with E-state index in [0.29, 0.717) is 63.8 Å². The van der Waals surface area contributed by atoms with Gasteiger partial charge in [0.2, 0.25) is 11.8 Å². The molecule has 3 aromatic rings. The van der Waals surface area contributed by atoms with Crippen LogP contribution in [0.1, 0.15) is 59.2 Å². The Hall–Kier alpha value is -3.85. The first-order chi connectivity index (χ1) is 19.9. The van der Waals surface area contributed by atoms with Gasteiger partial charge in [-0.3, -0.25) is 9.59 Å². The summed E-state index contributed by atoms with van der Waals surface area (Å²) in [5.41, 5.74) is 3.94. The molecule has 9 heteroatoms. The number of hydrogen-bond donors (Lipinski definition) is 2. The van der Waals surface area contributed by atoms with E-state index in [0.717, 1.165) is 34.1 Å². The lowest BCUT2D eigenvalue weighted by Gasteiger charge is -2.26. The molecular formula is C32H39N3O6. The number of fused-ring (bicyclic) bond motifs is 1. The number of carboxylic acids is 1. The number of carbonyl (C=O) groups is 3. The van der Waals surface area contributed by atoms with Crippen LogP contribution in [-0.2, 0) is 33.7 Å². The Morgan fingerprint density at radius 1 is 1.05 bits per heavy atom. The van der Waals surface area contributed by atoms with Crippen molar-refractivity contribution in [1.29, 1.82) is 0 Å². The smallest absolute Gasteiger partial charge is 0.335 e. The molecule has 1 aliphatic carbocycles. The molecule has 2 fully saturated rings. The molecule has 0 radical (unpaired) electrons. The summed E-state index contributed by atoms with van der Waals surface area (Å²) < 4.78 is 13.0. The topological polar surface area (TPSA) is 110 Å². The van der Waals surface area contributed by atoms with E-state index in [2.05, 4.69) is 22.1 Å². The Kier molecular flexibility index (Phi) is 9.24. The molecule has 0 unspecified atom stereocenters. The second-order valence-electron chi connectivity index (χ2n) is 11.1. The molecule has 0 spiro atoms. The molecule has 2 heterocycles. The van der Waals surface area contributed by atoms with Crippen LogP contribution in [0.3, 0.4) is 0 Å². The van der Waals surface area contributed by atoms with E-state index < -0.39 is 5.97 Å². The van der Waals surface area contributed by atoms with Crippen LogP contribution in [0.15, 0.2) is 42.6 Å². The maximum absolute atomic E-state index is 12.9. The number of methoxy groups -OCH3 is 1. The van der Waals surface area contributed by atoms with Crippen molar-refractivity contribution in [1.82, 2.24) is 14.8 Å². The van der Waals surface area contributed by atoms with Gasteiger partial charge in [-0.05, 0) is 54.5 Å². The molecule has 2 aromatic carbocycles. The summed E-state index contributed by atoms with van der Waals surface area (Å²) in [6, 6.07) is 11.0. The quantitative estimate of drug-likeness (QED) is 0.366. The van der Waals surface area contributed by atoms with Gasteiger partial charge in [0.1, 0.15) is 5.75 Å². The molecule has 218 valence electrons. The van der Waals surface area contributed by atoms with E-state index in [4.69, 9.17) is 9.47 Å². The van der Waals surface area contributed by atoms with Gasteiger partial charge in [-0.1, -0.05) is 31.0 Å². The van der Waals surface area contributed by atoms with Crippen LogP contribution in [0, 0.1) is 5.92 Å². The Morgan fingerprint density at radius 2 is 1.83 bits per heavy atom. The number of hydrogen-bond acceptors (Lipinski definition) is 5. The van der Waals surface area contributed by atoms with Gasteiger partial charge >= 0.3 is 5.97 Å². The van der Waals surface area contributed by atoms with E-state index >= 15 is 0 Å². The minimum atomic E-state index is -1.01. The highest BCUT2D eigenvalue weighted by Crippen LogP contribution is 2.29. The van der Waals surface area contributed by atoms with Crippen molar-refractivity contribution in [2.75, 3.05) is 40.0 Å². The zero-order valence-electron chi connectivity index (χ0n) is 23.7. The van der Waals surface area contributed by atoms with E-state index in [-0.39, 0.29) is 17.4 Å². The third kappa shape index (κ3) is 7.08. The highest BCUT2D eigenvalue weighted by molar-refractivity contribution is 5.89. The fourth-order valence-electron chi connectivity index (χ4n) is 5.98. The van der Waals surface area contributed by atoms with Crippen molar-refractivity contribution >= 4 is 28.7 Å². The Balaban J connectivity index is 1.38. The molecule has 1 aromatic heterocycles. The van der Waals surface area contributed by atoms with Crippen LogP contribution in [0.25, 0.3) is 10.9 Å². The molecule has 0 bridgehead atoms. The highest BCUT2D eigenvalue weighted by Gasteiger charge is 2.20. The van der Waals surface area contributed by atoms with Crippen LogP contribution in [0.2, 0.25) is 0 Å². The van der Waals surface area contributed by atoms with Crippen LogP contribution >= 0.6 is 0 Å². The molecule has 2 amide bonds. The molecule has 41 heavy (non-hydrogen) atoms. The number of amides is 2. The summed E-state index contributed by atoms with van der Waals surface area (Å²) in [6.45, 7) is 3.59. The monoisotopic (exact) mass is 561 g/mol. The number of nitrogens with zero attached hydrogens (tertiary/aromatic N) is 2. The number of carboxylic acid groups (broad SMARTS) is 1. The van der Waals surface area contributed by atoms with E-state index in [1.165, 1.54) is 38.9 Å². The van der Waals surface area contributed by atoms with Crippen LogP contribution < -0.4 is 10.1 Å². The minimum absolute atomic E-state index is 0.0246. The van der Waals surface area contributed by atoms with Gasteiger partial charge in [0.15, 0.2) is 0 Å². The first kappa shape index (κ1) is 28.7. The predicted octanol–water partition coefficient (Wildman–Crippen LogP) is 4.04. The molecule has 9 nitrogen and oxygen atoms in total. The van der Waals surface area contributed by atoms with Crippen LogP contribution in [0.4, 0.5) is 0 Å². The number of nitrogens with one attached hydrogen (secondary N) is 1. The number of aryl methyl sites for hydroxylation is 1. The summed E-state index contributed by atoms with van der Waals surface area (Å²) in [4.78, 5) is 38.9. The summed E-state index contributed by atoms with van der Waals surface area (Å²) in [5, 5.41) is 13.5. The number of morpholine rings is 1. The molecule has 5 rings (SSSR count). The first-order valence-electron chi connectivity index (χ1n) is 14.5. The molecule has 1 saturated carbocycles. The molecule has 2 aliphatic rings. The fraction of sp³-hybridized carbons (Fsp3) is 0.469. The van der Waals surface area contributed by atoms with Crippen molar-refractivity contribution in [2.24, 2.45) is 5.92 Å². The Labute approximate surface area is 240 Å². The minimum Gasteiger partial charge on any atom is -0.496 e. The molecule has 2 N–H and O–H groups in total. The first-order valence-corrected chi connectivity index (χ1v) is 14.5. The lowest BCUT2D eigenvalue weighted by atomic mass is 10.0. The predicted molar refractivity (Wildman–Crippen MR) is 155 cm³/mol. The maximum atomic E-state index is 12.9. The third-order valence-electron chi connectivity index (χ3n) is 8.30. The van der Waals surface area contributed by atoms with Crippen molar-refractivity contribution in [3.8, 4) is 5.75 Å². The SMILES string of the molecule is COc1cc(C(=O)O)ccc1Cn1cc(CCC(=O)N2CCOCC2)c2ccc(CC(=O)NCC3CCCC3)cc21. The Bertz CT molecular complexity index is 1400. The fourth-order valence-corrected chi connectivity index (χ4v) is 5.98. The number of aromatic nitrogens is 1. The number of ether oxygens (including phenoxy) is 2. The van der Waals surface area contributed by atoms with Crippen molar-refractivity contribution in [3.05, 3.63) is 64.8 Å². The average Bonchev–Trinajstić information content (AvgIpc) is 3.63. The molecule has 1 aliphatic heterocycles. The summed E-state index contributed by atoms with van der Waals surface area (Å²) in [5.74, 6) is 0.221. The molecule has 1 saturated heterocycles. The van der Waals surface area contributed by atoms with E-state index in [9.17, 15) is 19.5 Å². The van der Waals surface area contributed by atoms with Crippen LogP contribution in [0.5, 0.6) is 5.75 Å². The summed E-state index contributed by atoms with van der Waals surface area (Å²) in [7, 11) is 1.53. The second-order valence-corrected chi connectivity index (χ2v) is 11.1. The van der Waals surface area contributed by atoms with Crippen molar-refractivity contribution in [3.63, 3.8) is 0 Å². The number of rotatable bonds is 11. The van der Waals surface area contributed by atoms with E-state index in [1.54, 1.807) is 12.1 Å². The molecular weight excluding hydrogens is 522 g/mol. The highest BCUT2D eigenvalue weighted by atomic mass is 16.5. The maximum Gasteiger partial charge on any atom is 0.335 e. The van der Waals surface area contributed by atoms with E-state index in [1.807, 2.05) is 17.0 Å². The molecule has 0 atom stereocenters.